The number of nitrogens with zero attached hydrogens (tertiary/aromatic N) is 3. The zero-order valence-electron chi connectivity index (χ0n) is 11.9. The Labute approximate surface area is 122 Å². The molecule has 0 unspecified atom stereocenters. The van der Waals surface area contributed by atoms with Gasteiger partial charge in [0.15, 0.2) is 0 Å². The summed E-state index contributed by atoms with van der Waals surface area (Å²) < 4.78 is 38.4. The molecule has 0 bridgehead atoms. The van der Waals surface area contributed by atoms with E-state index in [0.717, 1.165) is 25.5 Å². The maximum Gasteiger partial charge on any atom is 0.433 e. The number of halogens is 3. The third kappa shape index (κ3) is 3.66. The highest BCUT2D eigenvalue weighted by molar-refractivity contribution is 5.35. The van der Waals surface area contributed by atoms with Crippen LogP contribution in [0.15, 0.2) is 12.3 Å². The summed E-state index contributed by atoms with van der Waals surface area (Å²) in [6.07, 6.45) is 4.96. The Morgan fingerprint density at radius 3 is 2.43 bits per heavy atom. The van der Waals surface area contributed by atoms with Crippen molar-refractivity contribution in [1.82, 2.24) is 9.97 Å². The molecule has 3 rings (SSSR count). The third-order valence-corrected chi connectivity index (χ3v) is 4.36. The van der Waals surface area contributed by atoms with Crippen LogP contribution in [0.2, 0.25) is 0 Å². The molecule has 0 N–H and O–H groups in total. The largest absolute Gasteiger partial charge is 0.433 e. The fourth-order valence-corrected chi connectivity index (χ4v) is 3.07. The summed E-state index contributed by atoms with van der Waals surface area (Å²) in [7, 11) is 0. The van der Waals surface area contributed by atoms with Gasteiger partial charge in [-0.1, -0.05) is 19.3 Å². The lowest BCUT2D eigenvalue weighted by molar-refractivity contribution is -0.141. The first-order valence-electron chi connectivity index (χ1n) is 7.71. The van der Waals surface area contributed by atoms with Crippen molar-refractivity contribution >= 4 is 5.95 Å². The number of rotatable bonds is 4. The van der Waals surface area contributed by atoms with Gasteiger partial charge in [-0.05, 0) is 37.7 Å². The van der Waals surface area contributed by atoms with E-state index in [-0.39, 0.29) is 5.95 Å². The van der Waals surface area contributed by atoms with Crippen LogP contribution in [0.5, 0.6) is 0 Å². The van der Waals surface area contributed by atoms with Crippen LogP contribution in [0.25, 0.3) is 0 Å². The zero-order chi connectivity index (χ0) is 14.9. The standard InChI is InChI=1S/C15H20F3N3/c16-15(17,18)13-8-9-19-14(20-13)21(12-6-7-12)10-11-4-2-1-3-5-11/h8-9,11-12H,1-7,10H2. The molecule has 2 saturated carbocycles. The minimum Gasteiger partial charge on any atom is -0.338 e. The lowest BCUT2D eigenvalue weighted by atomic mass is 9.89. The SMILES string of the molecule is FC(F)(F)c1ccnc(N(CC2CCCCC2)C2CC2)n1. The quantitative estimate of drug-likeness (QED) is 0.840. The van der Waals surface area contributed by atoms with Crippen LogP contribution in [-0.2, 0) is 6.18 Å². The van der Waals surface area contributed by atoms with E-state index in [1.54, 1.807) is 0 Å². The molecule has 1 heterocycles. The molecular formula is C15H20F3N3. The molecule has 6 heteroatoms. The van der Waals surface area contributed by atoms with E-state index in [1.807, 2.05) is 4.90 Å². The molecule has 2 aliphatic rings. The molecule has 1 aromatic rings. The molecule has 0 spiro atoms. The average molecular weight is 299 g/mol. The first-order valence-corrected chi connectivity index (χ1v) is 7.71. The minimum absolute atomic E-state index is 0.248. The lowest BCUT2D eigenvalue weighted by Gasteiger charge is -2.30. The molecule has 0 aliphatic heterocycles. The Bertz CT molecular complexity index is 479. The summed E-state index contributed by atoms with van der Waals surface area (Å²) in [4.78, 5) is 9.86. The van der Waals surface area contributed by atoms with Gasteiger partial charge >= 0.3 is 6.18 Å². The predicted molar refractivity (Wildman–Crippen MR) is 74.0 cm³/mol. The predicted octanol–water partition coefficient (Wildman–Crippen LogP) is 4.04. The Kier molecular flexibility index (Phi) is 4.04. The summed E-state index contributed by atoms with van der Waals surface area (Å²) in [6.45, 7) is 0.798. The van der Waals surface area contributed by atoms with Gasteiger partial charge in [-0.3, -0.25) is 0 Å². The highest BCUT2D eigenvalue weighted by Gasteiger charge is 2.36. The van der Waals surface area contributed by atoms with E-state index in [2.05, 4.69) is 9.97 Å². The Hall–Kier alpha value is -1.33. The fraction of sp³-hybridized carbons (Fsp3) is 0.733. The average Bonchev–Trinajstić information content (AvgIpc) is 3.30. The monoisotopic (exact) mass is 299 g/mol. The molecule has 0 saturated heterocycles. The van der Waals surface area contributed by atoms with E-state index in [9.17, 15) is 13.2 Å². The summed E-state index contributed by atoms with van der Waals surface area (Å²) in [6, 6.07) is 1.27. The van der Waals surface area contributed by atoms with Crippen molar-refractivity contribution in [2.24, 2.45) is 5.92 Å². The molecule has 3 nitrogen and oxygen atoms in total. The molecule has 0 atom stereocenters. The first kappa shape index (κ1) is 14.6. The maximum absolute atomic E-state index is 12.8. The maximum atomic E-state index is 12.8. The third-order valence-electron chi connectivity index (χ3n) is 4.36. The van der Waals surface area contributed by atoms with E-state index < -0.39 is 11.9 Å². The summed E-state index contributed by atoms with van der Waals surface area (Å²) in [5.41, 5.74) is -0.846. The van der Waals surface area contributed by atoms with Crippen LogP contribution < -0.4 is 4.90 Å². The van der Waals surface area contributed by atoms with E-state index in [0.29, 0.717) is 12.0 Å². The number of alkyl halides is 3. The van der Waals surface area contributed by atoms with E-state index in [4.69, 9.17) is 0 Å². The number of anilines is 1. The Morgan fingerprint density at radius 1 is 1.10 bits per heavy atom. The second-order valence-electron chi connectivity index (χ2n) is 6.13. The Balaban J connectivity index is 1.77. The van der Waals surface area contributed by atoms with Crippen LogP contribution in [-0.4, -0.2) is 22.6 Å². The van der Waals surface area contributed by atoms with Crippen molar-refractivity contribution in [3.8, 4) is 0 Å². The van der Waals surface area contributed by atoms with Gasteiger partial charge in [0, 0.05) is 18.8 Å². The highest BCUT2D eigenvalue weighted by atomic mass is 19.4. The van der Waals surface area contributed by atoms with Crippen LogP contribution in [0.4, 0.5) is 19.1 Å². The molecule has 116 valence electrons. The van der Waals surface area contributed by atoms with Gasteiger partial charge in [0.25, 0.3) is 0 Å². The van der Waals surface area contributed by atoms with Gasteiger partial charge in [0.05, 0.1) is 0 Å². The molecule has 0 amide bonds. The van der Waals surface area contributed by atoms with Gasteiger partial charge in [0.1, 0.15) is 5.69 Å². The van der Waals surface area contributed by atoms with Crippen LogP contribution >= 0.6 is 0 Å². The van der Waals surface area contributed by atoms with Crippen molar-refractivity contribution in [2.75, 3.05) is 11.4 Å². The normalized spacial score (nSPS) is 20.5. The fourth-order valence-electron chi connectivity index (χ4n) is 3.07. The van der Waals surface area contributed by atoms with Crippen molar-refractivity contribution in [1.29, 1.82) is 0 Å². The highest BCUT2D eigenvalue weighted by Crippen LogP contribution is 2.35. The number of aromatic nitrogens is 2. The number of hydrogen-bond acceptors (Lipinski definition) is 3. The molecule has 2 aliphatic carbocycles. The van der Waals surface area contributed by atoms with Crippen molar-refractivity contribution < 1.29 is 13.2 Å². The Morgan fingerprint density at radius 2 is 1.81 bits per heavy atom. The summed E-state index contributed by atoms with van der Waals surface area (Å²) in [5.74, 6) is 0.815. The zero-order valence-corrected chi connectivity index (χ0v) is 11.9. The first-order chi connectivity index (χ1) is 10.0. The van der Waals surface area contributed by atoms with E-state index in [1.165, 1.54) is 38.3 Å². The van der Waals surface area contributed by atoms with Crippen LogP contribution in [0, 0.1) is 5.92 Å². The molecular weight excluding hydrogens is 279 g/mol. The van der Waals surface area contributed by atoms with Gasteiger partial charge in [-0.2, -0.15) is 13.2 Å². The molecule has 1 aromatic heterocycles. The van der Waals surface area contributed by atoms with Crippen LogP contribution in [0.1, 0.15) is 50.6 Å². The van der Waals surface area contributed by atoms with Crippen molar-refractivity contribution in [3.05, 3.63) is 18.0 Å². The molecule has 0 aromatic carbocycles. The van der Waals surface area contributed by atoms with Gasteiger partial charge in [0.2, 0.25) is 5.95 Å². The van der Waals surface area contributed by atoms with Gasteiger partial charge in [-0.25, -0.2) is 9.97 Å². The molecule has 2 fully saturated rings. The second-order valence-corrected chi connectivity index (χ2v) is 6.13. The van der Waals surface area contributed by atoms with Gasteiger partial charge < -0.3 is 4.90 Å². The second kappa shape index (κ2) is 5.81. The molecule has 21 heavy (non-hydrogen) atoms. The number of hydrogen-bond donors (Lipinski definition) is 0. The van der Waals surface area contributed by atoms with Crippen LogP contribution in [0.3, 0.4) is 0 Å². The summed E-state index contributed by atoms with van der Waals surface area (Å²) in [5, 5.41) is 0. The molecule has 0 radical (unpaired) electrons. The summed E-state index contributed by atoms with van der Waals surface area (Å²) >= 11 is 0. The van der Waals surface area contributed by atoms with Crippen molar-refractivity contribution in [3.63, 3.8) is 0 Å². The smallest absolute Gasteiger partial charge is 0.338 e. The minimum atomic E-state index is -4.41. The van der Waals surface area contributed by atoms with E-state index >= 15 is 0 Å². The van der Waals surface area contributed by atoms with Crippen molar-refractivity contribution in [2.45, 2.75) is 57.2 Å². The lowest BCUT2D eigenvalue weighted by Crippen LogP contribution is -2.34. The topological polar surface area (TPSA) is 29.0 Å². The van der Waals surface area contributed by atoms with Gasteiger partial charge in [-0.15, -0.1) is 0 Å².